The lowest BCUT2D eigenvalue weighted by Crippen LogP contribution is -2.15. The second kappa shape index (κ2) is 7.36. The van der Waals surface area contributed by atoms with Crippen LogP contribution >= 0.6 is 0 Å². The van der Waals surface area contributed by atoms with Crippen LogP contribution in [-0.4, -0.2) is 36.1 Å². The van der Waals surface area contributed by atoms with Crippen LogP contribution in [0.15, 0.2) is 36.7 Å². The lowest BCUT2D eigenvalue weighted by molar-refractivity contribution is -0.116. The van der Waals surface area contributed by atoms with Crippen molar-refractivity contribution in [2.75, 3.05) is 5.32 Å². The first-order valence-electron chi connectivity index (χ1n) is 7.56. The number of rotatable bonds is 7. The van der Waals surface area contributed by atoms with Crippen LogP contribution in [-0.2, 0) is 17.8 Å². The molecule has 24 heavy (non-hydrogen) atoms. The summed E-state index contributed by atoms with van der Waals surface area (Å²) in [6, 6.07) is 7.08. The summed E-state index contributed by atoms with van der Waals surface area (Å²) in [7, 11) is 0. The van der Waals surface area contributed by atoms with Crippen molar-refractivity contribution < 1.29 is 9.53 Å². The van der Waals surface area contributed by atoms with Gasteiger partial charge in [0.25, 0.3) is 0 Å². The van der Waals surface area contributed by atoms with E-state index in [1.807, 2.05) is 17.7 Å². The third kappa shape index (κ3) is 3.94. The van der Waals surface area contributed by atoms with Crippen LogP contribution in [0.5, 0.6) is 11.8 Å². The zero-order chi connectivity index (χ0) is 16.8. The number of aromatic nitrogens is 6. The van der Waals surface area contributed by atoms with Crippen LogP contribution in [0.25, 0.3) is 0 Å². The zero-order valence-electron chi connectivity index (χ0n) is 13.1. The number of carbonyl (C=O) groups excluding carboxylic acids is 1. The molecule has 0 saturated heterocycles. The van der Waals surface area contributed by atoms with Crippen molar-refractivity contribution in [1.82, 2.24) is 30.2 Å². The minimum absolute atomic E-state index is 0.0578. The maximum Gasteiger partial charge on any atom is 0.361 e. The van der Waals surface area contributed by atoms with Gasteiger partial charge in [-0.15, -0.1) is 0 Å². The number of anilines is 1. The molecule has 0 atom stereocenters. The van der Waals surface area contributed by atoms with Crippen molar-refractivity contribution in [3.05, 3.63) is 42.5 Å². The quantitative estimate of drug-likeness (QED) is 0.684. The third-order valence-electron chi connectivity index (χ3n) is 3.37. The fourth-order valence-corrected chi connectivity index (χ4v) is 2.21. The van der Waals surface area contributed by atoms with Crippen molar-refractivity contribution in [2.24, 2.45) is 0 Å². The molecule has 2 N–H and O–H groups in total. The van der Waals surface area contributed by atoms with Crippen LogP contribution in [0.3, 0.4) is 0 Å². The van der Waals surface area contributed by atoms with E-state index in [9.17, 15) is 4.79 Å². The van der Waals surface area contributed by atoms with Crippen molar-refractivity contribution in [1.29, 1.82) is 0 Å². The van der Waals surface area contributed by atoms with Crippen molar-refractivity contribution in [3.63, 3.8) is 0 Å². The van der Waals surface area contributed by atoms with E-state index >= 15 is 0 Å². The molecule has 9 heteroatoms. The van der Waals surface area contributed by atoms with Gasteiger partial charge in [0, 0.05) is 37.5 Å². The lowest BCUT2D eigenvalue weighted by atomic mass is 10.3. The van der Waals surface area contributed by atoms with Crippen LogP contribution in [0, 0.1) is 0 Å². The number of aromatic amines is 1. The lowest BCUT2D eigenvalue weighted by Gasteiger charge is -2.08. The Kier molecular flexibility index (Phi) is 4.80. The number of hydrogen-bond donors (Lipinski definition) is 2. The number of nitrogens with zero attached hydrogens (tertiary/aromatic N) is 5. The summed E-state index contributed by atoms with van der Waals surface area (Å²) in [4.78, 5) is 16.3. The fourth-order valence-electron chi connectivity index (χ4n) is 2.21. The first kappa shape index (κ1) is 15.7. The predicted molar refractivity (Wildman–Crippen MR) is 85.5 cm³/mol. The number of benzene rings is 1. The van der Waals surface area contributed by atoms with Crippen molar-refractivity contribution in [2.45, 2.75) is 26.3 Å². The summed E-state index contributed by atoms with van der Waals surface area (Å²) in [5.74, 6) is 1.48. The van der Waals surface area contributed by atoms with Gasteiger partial charge in [0.2, 0.25) is 5.91 Å². The van der Waals surface area contributed by atoms with Crippen molar-refractivity contribution in [3.8, 4) is 11.8 Å². The van der Waals surface area contributed by atoms with Crippen LogP contribution < -0.4 is 10.1 Å². The Morgan fingerprint density at radius 2 is 2.17 bits per heavy atom. The highest BCUT2D eigenvalue weighted by atomic mass is 16.5. The second-order valence-electron chi connectivity index (χ2n) is 5.01. The van der Waals surface area contributed by atoms with Gasteiger partial charge in [0.15, 0.2) is 0 Å². The molecule has 0 aliphatic heterocycles. The SMILES string of the molecule is CCc1nccn1CCC(=O)Nc1ccc(Oc2nn[nH]n2)cc1. The van der Waals surface area contributed by atoms with Gasteiger partial charge < -0.3 is 14.6 Å². The molecule has 0 aliphatic rings. The Labute approximate surface area is 138 Å². The van der Waals surface area contributed by atoms with Gasteiger partial charge in [-0.25, -0.2) is 4.98 Å². The Morgan fingerprint density at radius 1 is 1.33 bits per heavy atom. The molecule has 0 fully saturated rings. The fraction of sp³-hybridized carbons (Fsp3) is 0.267. The molecule has 0 aliphatic carbocycles. The highest BCUT2D eigenvalue weighted by Gasteiger charge is 2.06. The van der Waals surface area contributed by atoms with E-state index in [0.717, 1.165) is 12.2 Å². The molecule has 9 nitrogen and oxygen atoms in total. The number of hydrogen-bond acceptors (Lipinski definition) is 6. The molecule has 0 radical (unpaired) electrons. The molecule has 2 heterocycles. The minimum atomic E-state index is -0.0578. The van der Waals surface area contributed by atoms with E-state index in [4.69, 9.17) is 4.74 Å². The smallest absolute Gasteiger partial charge is 0.361 e. The maximum atomic E-state index is 12.0. The van der Waals surface area contributed by atoms with Gasteiger partial charge in [0.05, 0.1) is 0 Å². The van der Waals surface area contributed by atoms with Crippen LogP contribution in [0.2, 0.25) is 0 Å². The van der Waals surface area contributed by atoms with Gasteiger partial charge in [-0.2, -0.15) is 5.21 Å². The highest BCUT2D eigenvalue weighted by molar-refractivity contribution is 5.90. The summed E-state index contributed by atoms with van der Waals surface area (Å²) in [6.07, 6.45) is 4.86. The number of H-pyrrole nitrogens is 1. The monoisotopic (exact) mass is 327 g/mol. The molecule has 2 aromatic heterocycles. The number of amides is 1. The molecule has 3 rings (SSSR count). The van der Waals surface area contributed by atoms with Gasteiger partial charge in [-0.1, -0.05) is 17.1 Å². The summed E-state index contributed by atoms with van der Waals surface area (Å²) in [5, 5.41) is 16.0. The van der Waals surface area contributed by atoms with Gasteiger partial charge in [0.1, 0.15) is 11.6 Å². The standard InChI is InChI=1S/C15H17N7O2/c1-2-13-16-8-10-22(13)9-7-14(23)17-11-3-5-12(6-4-11)24-15-18-20-21-19-15/h3-6,8,10H,2,7,9H2,1H3,(H,17,23)(H,18,19,20,21). The highest BCUT2D eigenvalue weighted by Crippen LogP contribution is 2.19. The van der Waals surface area contributed by atoms with E-state index in [1.165, 1.54) is 0 Å². The Hall–Kier alpha value is -3.23. The van der Waals surface area contributed by atoms with E-state index in [-0.39, 0.29) is 11.9 Å². The minimum Gasteiger partial charge on any atom is -0.422 e. The first-order valence-corrected chi connectivity index (χ1v) is 7.56. The van der Waals surface area contributed by atoms with Gasteiger partial charge in [-0.3, -0.25) is 4.79 Å². The molecule has 3 aromatic rings. The third-order valence-corrected chi connectivity index (χ3v) is 3.37. The number of ether oxygens (including phenoxy) is 1. The van der Waals surface area contributed by atoms with Crippen molar-refractivity contribution >= 4 is 11.6 Å². The topological polar surface area (TPSA) is 111 Å². The number of tetrazole rings is 1. The number of carbonyl (C=O) groups is 1. The number of imidazole rings is 1. The normalized spacial score (nSPS) is 10.5. The van der Waals surface area contributed by atoms with Crippen LogP contribution in [0.4, 0.5) is 5.69 Å². The molecule has 0 spiro atoms. The molecule has 0 unspecified atom stereocenters. The summed E-state index contributed by atoms with van der Waals surface area (Å²) in [6.45, 7) is 2.64. The predicted octanol–water partition coefficient (Wildman–Crippen LogP) is 1.78. The average molecular weight is 327 g/mol. The number of nitrogens with one attached hydrogen (secondary N) is 2. The maximum absolute atomic E-state index is 12.0. The molecular weight excluding hydrogens is 310 g/mol. The van der Waals surface area contributed by atoms with E-state index < -0.39 is 0 Å². The molecule has 1 amide bonds. The van der Waals surface area contributed by atoms with E-state index in [1.54, 1.807) is 30.5 Å². The summed E-state index contributed by atoms with van der Waals surface area (Å²) in [5.41, 5.74) is 0.696. The second-order valence-corrected chi connectivity index (χ2v) is 5.01. The molecule has 124 valence electrons. The van der Waals surface area contributed by atoms with Gasteiger partial charge in [-0.05, 0) is 29.5 Å². The van der Waals surface area contributed by atoms with Gasteiger partial charge >= 0.3 is 6.01 Å². The number of aryl methyl sites for hydroxylation is 2. The molecule has 0 saturated carbocycles. The molecular formula is C15H17N7O2. The largest absolute Gasteiger partial charge is 0.422 e. The van der Waals surface area contributed by atoms with E-state index in [0.29, 0.717) is 24.4 Å². The average Bonchev–Trinajstić information content (AvgIpc) is 3.26. The van der Waals surface area contributed by atoms with Crippen LogP contribution in [0.1, 0.15) is 19.2 Å². The molecule has 1 aromatic carbocycles. The van der Waals surface area contributed by atoms with E-state index in [2.05, 4.69) is 30.9 Å². The zero-order valence-corrected chi connectivity index (χ0v) is 13.1. The Bertz CT molecular complexity index is 781. The summed E-state index contributed by atoms with van der Waals surface area (Å²) < 4.78 is 7.35. The first-order chi connectivity index (χ1) is 11.7. The Morgan fingerprint density at radius 3 is 2.88 bits per heavy atom. The summed E-state index contributed by atoms with van der Waals surface area (Å²) >= 11 is 0. The Balaban J connectivity index is 1.51. The molecule has 0 bridgehead atoms.